The molecule has 0 unspecified atom stereocenters. The van der Waals surface area contributed by atoms with Crippen LogP contribution in [0.4, 0.5) is 4.79 Å². The molecule has 0 aromatic heterocycles. The van der Waals surface area contributed by atoms with Crippen LogP contribution in [0.5, 0.6) is 5.75 Å². The van der Waals surface area contributed by atoms with Gasteiger partial charge in [-0.3, -0.25) is 0 Å². The van der Waals surface area contributed by atoms with Crippen molar-refractivity contribution in [2.24, 2.45) is 0 Å². The van der Waals surface area contributed by atoms with Gasteiger partial charge in [-0.1, -0.05) is 48.5 Å². The molecule has 1 fully saturated rings. The van der Waals surface area contributed by atoms with E-state index in [1.807, 2.05) is 41.3 Å². The lowest BCUT2D eigenvalue weighted by atomic mass is 9.90. The molecule has 1 saturated heterocycles. The smallest absolute Gasteiger partial charge is 0.317 e. The Kier molecular flexibility index (Phi) is 5.72. The fourth-order valence-electron chi connectivity index (χ4n) is 3.10. The molecule has 1 aliphatic heterocycles. The second kappa shape index (κ2) is 8.39. The topological polar surface area (TPSA) is 41.6 Å². The Balaban J connectivity index is 1.36. The quantitative estimate of drug-likeness (QED) is 0.853. The SMILES string of the molecule is O=C(NCCOc1ccccc1)N1CCC(c2ccccc2)CC1. The molecule has 4 nitrogen and oxygen atoms in total. The number of nitrogens with one attached hydrogen (secondary N) is 1. The predicted molar refractivity (Wildman–Crippen MR) is 95.3 cm³/mol. The van der Waals surface area contributed by atoms with E-state index in [4.69, 9.17) is 4.74 Å². The first-order valence-electron chi connectivity index (χ1n) is 8.58. The second-order valence-corrected chi connectivity index (χ2v) is 6.07. The Morgan fingerprint density at radius 2 is 1.62 bits per heavy atom. The minimum atomic E-state index is 0.0122. The Morgan fingerprint density at radius 3 is 2.29 bits per heavy atom. The number of hydrogen-bond donors (Lipinski definition) is 1. The van der Waals surface area contributed by atoms with Crippen molar-refractivity contribution < 1.29 is 9.53 Å². The molecule has 1 aliphatic rings. The molecule has 2 aromatic rings. The zero-order valence-corrected chi connectivity index (χ0v) is 13.9. The summed E-state index contributed by atoms with van der Waals surface area (Å²) in [5.74, 6) is 1.40. The maximum atomic E-state index is 12.2. The van der Waals surface area contributed by atoms with Crippen molar-refractivity contribution in [1.29, 1.82) is 0 Å². The van der Waals surface area contributed by atoms with Crippen LogP contribution >= 0.6 is 0 Å². The highest BCUT2D eigenvalue weighted by atomic mass is 16.5. The molecule has 2 aromatic carbocycles. The monoisotopic (exact) mass is 324 g/mol. The van der Waals surface area contributed by atoms with E-state index in [0.717, 1.165) is 31.7 Å². The summed E-state index contributed by atoms with van der Waals surface area (Å²) >= 11 is 0. The number of amides is 2. The average molecular weight is 324 g/mol. The summed E-state index contributed by atoms with van der Waals surface area (Å²) in [6.45, 7) is 2.62. The second-order valence-electron chi connectivity index (χ2n) is 6.07. The maximum absolute atomic E-state index is 12.2. The third kappa shape index (κ3) is 4.51. The molecule has 4 heteroatoms. The van der Waals surface area contributed by atoms with E-state index in [1.165, 1.54) is 5.56 Å². The highest BCUT2D eigenvalue weighted by Crippen LogP contribution is 2.27. The Bertz CT molecular complexity index is 623. The van der Waals surface area contributed by atoms with Crippen molar-refractivity contribution in [2.45, 2.75) is 18.8 Å². The van der Waals surface area contributed by atoms with Gasteiger partial charge in [0.25, 0.3) is 0 Å². The lowest BCUT2D eigenvalue weighted by molar-refractivity contribution is 0.179. The number of likely N-dealkylation sites (tertiary alicyclic amines) is 1. The number of piperidine rings is 1. The maximum Gasteiger partial charge on any atom is 0.317 e. The normalized spacial score (nSPS) is 15.1. The fraction of sp³-hybridized carbons (Fsp3) is 0.350. The fourth-order valence-corrected chi connectivity index (χ4v) is 3.10. The summed E-state index contributed by atoms with van der Waals surface area (Å²) in [6, 6.07) is 20.2. The number of nitrogens with zero attached hydrogens (tertiary/aromatic N) is 1. The van der Waals surface area contributed by atoms with Crippen molar-refractivity contribution in [3.05, 3.63) is 66.2 Å². The van der Waals surface area contributed by atoms with Gasteiger partial charge >= 0.3 is 6.03 Å². The largest absolute Gasteiger partial charge is 0.492 e. The van der Waals surface area contributed by atoms with Gasteiger partial charge in [-0.15, -0.1) is 0 Å². The van der Waals surface area contributed by atoms with Crippen LogP contribution < -0.4 is 10.1 Å². The number of para-hydroxylation sites is 1. The van der Waals surface area contributed by atoms with Gasteiger partial charge in [0.2, 0.25) is 0 Å². The van der Waals surface area contributed by atoms with Crippen LogP contribution in [-0.4, -0.2) is 37.2 Å². The van der Waals surface area contributed by atoms with Gasteiger partial charge in [-0.25, -0.2) is 4.79 Å². The van der Waals surface area contributed by atoms with Gasteiger partial charge in [0.1, 0.15) is 12.4 Å². The molecule has 1 N–H and O–H groups in total. The highest BCUT2D eigenvalue weighted by molar-refractivity contribution is 5.74. The van der Waals surface area contributed by atoms with Crippen LogP contribution in [0.1, 0.15) is 24.3 Å². The summed E-state index contributed by atoms with van der Waals surface area (Å²) in [5.41, 5.74) is 1.38. The number of hydrogen-bond acceptors (Lipinski definition) is 2. The first-order chi connectivity index (χ1) is 11.8. The molecule has 0 spiro atoms. The molecular weight excluding hydrogens is 300 g/mol. The van der Waals surface area contributed by atoms with Gasteiger partial charge < -0.3 is 15.0 Å². The number of carbonyl (C=O) groups excluding carboxylic acids is 1. The van der Waals surface area contributed by atoms with Crippen molar-refractivity contribution in [3.8, 4) is 5.75 Å². The highest BCUT2D eigenvalue weighted by Gasteiger charge is 2.23. The standard InChI is InChI=1S/C20H24N2O2/c23-20(21-13-16-24-19-9-5-2-6-10-19)22-14-11-18(12-15-22)17-7-3-1-4-8-17/h1-10,18H,11-16H2,(H,21,23). The summed E-state index contributed by atoms with van der Waals surface area (Å²) in [4.78, 5) is 14.1. The van der Waals surface area contributed by atoms with Gasteiger partial charge in [0, 0.05) is 13.1 Å². The average Bonchev–Trinajstić information content (AvgIpc) is 2.67. The van der Waals surface area contributed by atoms with E-state index >= 15 is 0 Å². The van der Waals surface area contributed by atoms with Crippen LogP contribution in [0, 0.1) is 0 Å². The third-order valence-electron chi connectivity index (χ3n) is 4.44. The number of carbonyl (C=O) groups is 1. The molecule has 1 heterocycles. The number of rotatable bonds is 5. The molecule has 2 amide bonds. The van der Waals surface area contributed by atoms with E-state index < -0.39 is 0 Å². The predicted octanol–water partition coefficient (Wildman–Crippen LogP) is 3.65. The summed E-state index contributed by atoms with van der Waals surface area (Å²) in [5, 5.41) is 2.94. The molecule has 0 radical (unpaired) electrons. The van der Waals surface area contributed by atoms with Crippen LogP contribution in [0.25, 0.3) is 0 Å². The van der Waals surface area contributed by atoms with Crippen molar-refractivity contribution in [2.75, 3.05) is 26.2 Å². The number of ether oxygens (including phenoxy) is 1. The molecule has 0 saturated carbocycles. The molecule has 126 valence electrons. The van der Waals surface area contributed by atoms with E-state index in [1.54, 1.807) is 0 Å². The number of urea groups is 1. The lowest BCUT2D eigenvalue weighted by Crippen LogP contribution is -2.45. The first-order valence-corrected chi connectivity index (χ1v) is 8.58. The summed E-state index contributed by atoms with van der Waals surface area (Å²) < 4.78 is 5.59. The van der Waals surface area contributed by atoms with Crippen molar-refractivity contribution in [1.82, 2.24) is 10.2 Å². The summed E-state index contributed by atoms with van der Waals surface area (Å²) in [6.07, 6.45) is 2.05. The third-order valence-corrected chi connectivity index (χ3v) is 4.44. The van der Waals surface area contributed by atoms with Crippen LogP contribution in [0.15, 0.2) is 60.7 Å². The Labute approximate surface area is 143 Å². The van der Waals surface area contributed by atoms with Crippen molar-refractivity contribution in [3.63, 3.8) is 0 Å². The van der Waals surface area contributed by atoms with E-state index in [-0.39, 0.29) is 6.03 Å². The van der Waals surface area contributed by atoms with Crippen LogP contribution in [-0.2, 0) is 0 Å². The van der Waals surface area contributed by atoms with Gasteiger partial charge in [0.05, 0.1) is 6.54 Å². The molecule has 3 rings (SSSR count). The lowest BCUT2D eigenvalue weighted by Gasteiger charge is -2.32. The summed E-state index contributed by atoms with van der Waals surface area (Å²) in [7, 11) is 0. The molecule has 24 heavy (non-hydrogen) atoms. The van der Waals surface area contributed by atoms with Gasteiger partial charge in [-0.2, -0.15) is 0 Å². The van der Waals surface area contributed by atoms with Crippen LogP contribution in [0.2, 0.25) is 0 Å². The first kappa shape index (κ1) is 16.4. The zero-order valence-electron chi connectivity index (χ0n) is 13.9. The number of benzene rings is 2. The minimum absolute atomic E-state index is 0.0122. The molecule has 0 aliphatic carbocycles. The minimum Gasteiger partial charge on any atom is -0.492 e. The van der Waals surface area contributed by atoms with Crippen molar-refractivity contribution >= 4 is 6.03 Å². The Hall–Kier alpha value is -2.49. The molecule has 0 bridgehead atoms. The Morgan fingerprint density at radius 1 is 1.00 bits per heavy atom. The van der Waals surface area contributed by atoms with Gasteiger partial charge in [0.15, 0.2) is 0 Å². The van der Waals surface area contributed by atoms with E-state index in [9.17, 15) is 4.79 Å². The molecule has 0 atom stereocenters. The van der Waals surface area contributed by atoms with E-state index in [2.05, 4.69) is 29.6 Å². The zero-order chi connectivity index (χ0) is 16.6. The van der Waals surface area contributed by atoms with Crippen LogP contribution in [0.3, 0.4) is 0 Å². The van der Waals surface area contributed by atoms with Gasteiger partial charge in [-0.05, 0) is 36.5 Å². The molecular formula is C20H24N2O2. The van der Waals surface area contributed by atoms with E-state index in [0.29, 0.717) is 19.1 Å².